The highest BCUT2D eigenvalue weighted by atomic mass is 16.5. The summed E-state index contributed by atoms with van der Waals surface area (Å²) < 4.78 is 10.5. The number of methoxy groups -OCH3 is 2. The van der Waals surface area contributed by atoms with Gasteiger partial charge in [0.05, 0.1) is 14.2 Å². The molecule has 0 fully saturated rings. The van der Waals surface area contributed by atoms with Gasteiger partial charge in [0.15, 0.2) is 11.5 Å². The molecule has 0 radical (unpaired) electrons. The van der Waals surface area contributed by atoms with Crippen LogP contribution in [0.4, 0.5) is 0 Å². The first-order valence-electron chi connectivity index (χ1n) is 7.48. The van der Waals surface area contributed by atoms with Crippen molar-refractivity contribution in [2.75, 3.05) is 14.2 Å². The molecule has 0 aromatic heterocycles. The number of hydrogen-bond donors (Lipinski definition) is 3. The number of hydrazine groups is 1. The number of amides is 3. The van der Waals surface area contributed by atoms with Gasteiger partial charge in [-0.05, 0) is 31.9 Å². The molecule has 0 bridgehead atoms. The van der Waals surface area contributed by atoms with E-state index in [0.717, 1.165) is 5.56 Å². The number of nitrogens with one attached hydrogen (secondary N) is 3. The Kier molecular flexibility index (Phi) is 7.54. The molecular formula is C16H23N3O5. The predicted molar refractivity (Wildman–Crippen MR) is 87.4 cm³/mol. The van der Waals surface area contributed by atoms with Crippen LogP contribution in [-0.2, 0) is 20.8 Å². The number of rotatable bonds is 6. The van der Waals surface area contributed by atoms with Crippen LogP contribution < -0.4 is 25.6 Å². The second-order valence-corrected chi connectivity index (χ2v) is 5.28. The normalized spacial score (nSPS) is 10.0. The molecule has 0 saturated carbocycles. The van der Waals surface area contributed by atoms with Crippen LogP contribution in [0.3, 0.4) is 0 Å². The Morgan fingerprint density at radius 3 is 2.33 bits per heavy atom. The van der Waals surface area contributed by atoms with Crippen molar-refractivity contribution in [2.24, 2.45) is 0 Å². The maximum atomic E-state index is 11.8. The number of carbonyl (C=O) groups is 3. The van der Waals surface area contributed by atoms with Gasteiger partial charge in [-0.3, -0.25) is 25.2 Å². The van der Waals surface area contributed by atoms with E-state index in [0.29, 0.717) is 17.9 Å². The van der Waals surface area contributed by atoms with E-state index in [2.05, 4.69) is 16.2 Å². The minimum Gasteiger partial charge on any atom is -0.493 e. The molecule has 0 aliphatic heterocycles. The molecule has 1 aromatic carbocycles. The molecule has 0 heterocycles. The van der Waals surface area contributed by atoms with Gasteiger partial charge in [0.1, 0.15) is 0 Å². The zero-order valence-corrected chi connectivity index (χ0v) is 14.3. The van der Waals surface area contributed by atoms with Crippen molar-refractivity contribution in [3.63, 3.8) is 0 Å². The van der Waals surface area contributed by atoms with Crippen LogP contribution in [-0.4, -0.2) is 38.0 Å². The molecule has 0 aliphatic carbocycles. The lowest BCUT2D eigenvalue weighted by Crippen LogP contribution is -2.49. The summed E-state index contributed by atoms with van der Waals surface area (Å²) in [7, 11) is 3.06. The molecule has 1 aromatic rings. The topological polar surface area (TPSA) is 106 Å². The highest BCUT2D eigenvalue weighted by Crippen LogP contribution is 2.31. The molecule has 132 valence electrons. The molecule has 24 heavy (non-hydrogen) atoms. The van der Waals surface area contributed by atoms with E-state index in [9.17, 15) is 14.4 Å². The van der Waals surface area contributed by atoms with Crippen molar-refractivity contribution < 1.29 is 23.9 Å². The zero-order valence-electron chi connectivity index (χ0n) is 14.3. The van der Waals surface area contributed by atoms with Crippen molar-refractivity contribution >= 4 is 17.7 Å². The molecule has 8 nitrogen and oxygen atoms in total. The molecule has 0 atom stereocenters. The molecule has 0 unspecified atom stereocenters. The standard InChI is InChI=1S/C16H23N3O5/c1-10(2)17-15(21)16(22)19-18-13(20)9-8-11-6-5-7-12(23-3)14(11)24-4/h5-7,10H,8-9H2,1-4H3,(H,17,21)(H,18,20)(H,19,22). The van der Waals surface area contributed by atoms with Crippen LogP contribution in [0.2, 0.25) is 0 Å². The molecular weight excluding hydrogens is 314 g/mol. The summed E-state index contributed by atoms with van der Waals surface area (Å²) in [5.74, 6) is -1.01. The number of para-hydroxylation sites is 1. The summed E-state index contributed by atoms with van der Waals surface area (Å²) in [6, 6.07) is 5.21. The second kappa shape index (κ2) is 9.39. The third kappa shape index (κ3) is 5.79. The summed E-state index contributed by atoms with van der Waals surface area (Å²) >= 11 is 0. The largest absolute Gasteiger partial charge is 0.493 e. The van der Waals surface area contributed by atoms with Gasteiger partial charge < -0.3 is 14.8 Å². The van der Waals surface area contributed by atoms with Crippen LogP contribution in [0, 0.1) is 0 Å². The number of carbonyl (C=O) groups excluding carboxylic acids is 3. The Morgan fingerprint density at radius 2 is 1.75 bits per heavy atom. The van der Waals surface area contributed by atoms with Gasteiger partial charge in [-0.25, -0.2) is 0 Å². The molecule has 8 heteroatoms. The molecule has 0 saturated heterocycles. The Balaban J connectivity index is 2.50. The van der Waals surface area contributed by atoms with E-state index in [1.807, 2.05) is 6.07 Å². The van der Waals surface area contributed by atoms with Crippen LogP contribution in [0.25, 0.3) is 0 Å². The summed E-state index contributed by atoms with van der Waals surface area (Å²) in [6.07, 6.45) is 0.496. The average Bonchev–Trinajstić information content (AvgIpc) is 2.56. The maximum Gasteiger partial charge on any atom is 0.327 e. The fourth-order valence-corrected chi connectivity index (χ4v) is 1.97. The van der Waals surface area contributed by atoms with E-state index in [4.69, 9.17) is 9.47 Å². The first kappa shape index (κ1) is 19.3. The minimum absolute atomic E-state index is 0.107. The Labute approximate surface area is 140 Å². The van der Waals surface area contributed by atoms with Crippen molar-refractivity contribution in [3.05, 3.63) is 23.8 Å². The number of aryl methyl sites for hydroxylation is 1. The fraction of sp³-hybridized carbons (Fsp3) is 0.438. The van der Waals surface area contributed by atoms with E-state index in [1.54, 1.807) is 26.0 Å². The van der Waals surface area contributed by atoms with Gasteiger partial charge in [-0.15, -0.1) is 0 Å². The van der Waals surface area contributed by atoms with Gasteiger partial charge in [-0.2, -0.15) is 0 Å². The van der Waals surface area contributed by atoms with Crippen molar-refractivity contribution in [1.29, 1.82) is 0 Å². The first-order valence-corrected chi connectivity index (χ1v) is 7.48. The molecule has 1 rings (SSSR count). The van der Waals surface area contributed by atoms with Gasteiger partial charge >= 0.3 is 11.8 Å². The highest BCUT2D eigenvalue weighted by Gasteiger charge is 2.15. The van der Waals surface area contributed by atoms with E-state index in [-0.39, 0.29) is 12.5 Å². The monoisotopic (exact) mass is 337 g/mol. The smallest absolute Gasteiger partial charge is 0.327 e. The quantitative estimate of drug-likeness (QED) is 0.512. The summed E-state index contributed by atoms with van der Waals surface area (Å²) in [4.78, 5) is 34.7. The summed E-state index contributed by atoms with van der Waals surface area (Å²) in [6.45, 7) is 3.45. The SMILES string of the molecule is COc1cccc(CCC(=O)NNC(=O)C(=O)NC(C)C)c1OC. The van der Waals surface area contributed by atoms with Crippen LogP contribution in [0.1, 0.15) is 25.8 Å². The van der Waals surface area contributed by atoms with Gasteiger partial charge in [-0.1, -0.05) is 12.1 Å². The number of benzene rings is 1. The summed E-state index contributed by atoms with van der Waals surface area (Å²) in [5, 5.41) is 2.42. The summed E-state index contributed by atoms with van der Waals surface area (Å²) in [5.41, 5.74) is 5.07. The average molecular weight is 337 g/mol. The van der Waals surface area contributed by atoms with Crippen LogP contribution in [0.5, 0.6) is 11.5 Å². The lowest BCUT2D eigenvalue weighted by atomic mass is 10.1. The minimum atomic E-state index is -0.920. The van der Waals surface area contributed by atoms with Crippen LogP contribution in [0.15, 0.2) is 18.2 Å². The van der Waals surface area contributed by atoms with Gasteiger partial charge in [0.25, 0.3) is 0 Å². The van der Waals surface area contributed by atoms with Gasteiger partial charge in [0, 0.05) is 12.5 Å². The molecule has 0 spiro atoms. The number of hydrogen-bond acceptors (Lipinski definition) is 5. The third-order valence-corrected chi connectivity index (χ3v) is 3.05. The predicted octanol–water partition coefficient (Wildman–Crippen LogP) is 0.308. The van der Waals surface area contributed by atoms with Gasteiger partial charge in [0.2, 0.25) is 5.91 Å². The van der Waals surface area contributed by atoms with Crippen molar-refractivity contribution in [1.82, 2.24) is 16.2 Å². The highest BCUT2D eigenvalue weighted by molar-refractivity contribution is 6.35. The Morgan fingerprint density at radius 1 is 1.04 bits per heavy atom. The van der Waals surface area contributed by atoms with Crippen molar-refractivity contribution in [3.8, 4) is 11.5 Å². The molecule has 3 amide bonds. The van der Waals surface area contributed by atoms with E-state index >= 15 is 0 Å². The first-order chi connectivity index (χ1) is 11.4. The van der Waals surface area contributed by atoms with E-state index in [1.165, 1.54) is 14.2 Å². The van der Waals surface area contributed by atoms with Crippen LogP contribution >= 0.6 is 0 Å². The maximum absolute atomic E-state index is 11.8. The molecule has 0 aliphatic rings. The number of ether oxygens (including phenoxy) is 2. The Bertz CT molecular complexity index is 601. The second-order valence-electron chi connectivity index (χ2n) is 5.28. The lowest BCUT2D eigenvalue weighted by Gasteiger charge is -2.13. The fourth-order valence-electron chi connectivity index (χ4n) is 1.97. The molecule has 3 N–H and O–H groups in total. The lowest BCUT2D eigenvalue weighted by molar-refractivity contribution is -0.141. The third-order valence-electron chi connectivity index (χ3n) is 3.05. The zero-order chi connectivity index (χ0) is 18.1. The Hall–Kier alpha value is -2.77. The van der Waals surface area contributed by atoms with E-state index < -0.39 is 17.7 Å². The van der Waals surface area contributed by atoms with Crippen molar-refractivity contribution in [2.45, 2.75) is 32.7 Å².